The van der Waals surface area contributed by atoms with Crippen molar-refractivity contribution in [3.8, 4) is 0 Å². The monoisotopic (exact) mass is 466 g/mol. The molecule has 0 spiro atoms. The maximum absolute atomic E-state index is 6.30. The van der Waals surface area contributed by atoms with Crippen molar-refractivity contribution in [2.45, 2.75) is 110 Å². The molecule has 4 nitrogen and oxygen atoms in total. The summed E-state index contributed by atoms with van der Waals surface area (Å²) in [4.78, 5) is 0. The van der Waals surface area contributed by atoms with Crippen LogP contribution in [0.2, 0.25) is 6.04 Å². The highest BCUT2D eigenvalue weighted by Gasteiger charge is 2.39. The van der Waals surface area contributed by atoms with E-state index in [0.717, 1.165) is 31.9 Å². The third-order valence-electron chi connectivity index (χ3n) is 5.68. The summed E-state index contributed by atoms with van der Waals surface area (Å²) >= 11 is 0. The third kappa shape index (κ3) is 15.2. The molecule has 0 aliphatic rings. The summed E-state index contributed by atoms with van der Waals surface area (Å²) in [5.74, 6) is 0. The number of rotatable bonds is 23. The highest BCUT2D eigenvalue weighted by molar-refractivity contribution is 6.60. The van der Waals surface area contributed by atoms with Gasteiger partial charge in [-0.15, -0.1) is 0 Å². The molecule has 32 heavy (non-hydrogen) atoms. The smallest absolute Gasteiger partial charge is 0.377 e. The van der Waals surface area contributed by atoms with Gasteiger partial charge in [0.15, 0.2) is 0 Å². The molecule has 0 saturated carbocycles. The van der Waals surface area contributed by atoms with Crippen LogP contribution in [0.15, 0.2) is 30.3 Å². The van der Waals surface area contributed by atoms with Gasteiger partial charge in [0.05, 0.1) is 6.61 Å². The number of hydrogen-bond acceptors (Lipinski definition) is 4. The molecule has 1 aromatic rings. The van der Waals surface area contributed by atoms with Crippen LogP contribution in [0.1, 0.15) is 103 Å². The number of hydrogen-bond donors (Lipinski definition) is 0. The van der Waals surface area contributed by atoms with E-state index >= 15 is 0 Å². The van der Waals surface area contributed by atoms with Crippen molar-refractivity contribution in [2.24, 2.45) is 0 Å². The normalized spacial score (nSPS) is 11.8. The van der Waals surface area contributed by atoms with Crippen molar-refractivity contribution in [3.63, 3.8) is 0 Å². The third-order valence-corrected chi connectivity index (χ3v) is 8.75. The molecule has 5 heteroatoms. The van der Waals surface area contributed by atoms with E-state index in [1.165, 1.54) is 63.4 Å². The Balaban J connectivity index is 2.17. The van der Waals surface area contributed by atoms with Crippen LogP contribution >= 0.6 is 0 Å². The van der Waals surface area contributed by atoms with E-state index in [-0.39, 0.29) is 0 Å². The van der Waals surface area contributed by atoms with Crippen molar-refractivity contribution < 1.29 is 18.0 Å². The van der Waals surface area contributed by atoms with Crippen molar-refractivity contribution in [2.75, 3.05) is 26.4 Å². The van der Waals surface area contributed by atoms with Crippen LogP contribution in [0, 0.1) is 0 Å². The first-order valence-electron chi connectivity index (χ1n) is 13.3. The fraction of sp³-hybridized carbons (Fsp3) is 0.778. The van der Waals surface area contributed by atoms with Gasteiger partial charge in [-0.05, 0) is 38.7 Å². The number of benzene rings is 1. The minimum absolute atomic E-state index is 0.657. The van der Waals surface area contributed by atoms with Crippen LogP contribution in [0.25, 0.3) is 0 Å². The Labute approximate surface area is 199 Å². The lowest BCUT2D eigenvalue weighted by molar-refractivity contribution is 0.0604. The molecular formula is C27H50O4Si. The Hall–Kier alpha value is -0.723. The predicted molar refractivity (Wildman–Crippen MR) is 137 cm³/mol. The summed E-state index contributed by atoms with van der Waals surface area (Å²) in [6, 6.07) is 11.3. The molecule has 1 rings (SSSR count). The molecule has 0 unspecified atom stereocenters. The molecule has 0 N–H and O–H groups in total. The molecule has 0 radical (unpaired) electrons. The molecular weight excluding hydrogens is 416 g/mol. The second-order valence-corrected chi connectivity index (χ2v) is 11.3. The van der Waals surface area contributed by atoms with E-state index in [0.29, 0.717) is 26.4 Å². The Morgan fingerprint density at radius 1 is 0.594 bits per heavy atom. The fourth-order valence-electron chi connectivity index (χ4n) is 3.91. The molecule has 0 heterocycles. The standard InChI is InChI=1S/C27H50O4Si/c1-4-7-8-9-10-11-12-13-14-20-25-32(29-5-2,30-6-3)31-24-19-18-23-28-26-27-21-16-15-17-22-27/h15-17,21-22H,4-14,18-20,23-26H2,1-3H3. The minimum Gasteiger partial charge on any atom is -0.377 e. The molecule has 0 amide bonds. The van der Waals surface area contributed by atoms with E-state index < -0.39 is 8.80 Å². The van der Waals surface area contributed by atoms with Gasteiger partial charge >= 0.3 is 8.80 Å². The Kier molecular flexibility index (Phi) is 19.1. The largest absolute Gasteiger partial charge is 0.500 e. The molecule has 0 aromatic heterocycles. The van der Waals surface area contributed by atoms with Gasteiger partial charge in [-0.25, -0.2) is 0 Å². The number of unbranched alkanes of at least 4 members (excludes halogenated alkanes) is 10. The topological polar surface area (TPSA) is 36.9 Å². The highest BCUT2D eigenvalue weighted by Crippen LogP contribution is 2.21. The summed E-state index contributed by atoms with van der Waals surface area (Å²) < 4.78 is 24.3. The second-order valence-electron chi connectivity index (χ2n) is 8.57. The van der Waals surface area contributed by atoms with Crippen molar-refractivity contribution in [1.82, 2.24) is 0 Å². The van der Waals surface area contributed by atoms with Gasteiger partial charge in [-0.3, -0.25) is 0 Å². The van der Waals surface area contributed by atoms with Crippen LogP contribution in [0.5, 0.6) is 0 Å². The lowest BCUT2D eigenvalue weighted by Gasteiger charge is -2.29. The first-order chi connectivity index (χ1) is 15.8. The maximum atomic E-state index is 6.30. The first kappa shape index (κ1) is 29.3. The average molecular weight is 467 g/mol. The van der Waals surface area contributed by atoms with Gasteiger partial charge in [-0.1, -0.05) is 95.0 Å². The maximum Gasteiger partial charge on any atom is 0.500 e. The van der Waals surface area contributed by atoms with Crippen LogP contribution in [0.3, 0.4) is 0 Å². The van der Waals surface area contributed by atoms with E-state index in [4.69, 9.17) is 18.0 Å². The van der Waals surface area contributed by atoms with Crippen LogP contribution in [0.4, 0.5) is 0 Å². The summed E-state index contributed by atoms with van der Waals surface area (Å²) in [6.07, 6.45) is 15.3. The second kappa shape index (κ2) is 20.9. The van der Waals surface area contributed by atoms with Crippen LogP contribution in [-0.2, 0) is 24.6 Å². The molecule has 0 fully saturated rings. The SMILES string of the molecule is CCCCCCCCCCCC[Si](OCC)(OCC)OCCCCOCc1ccccc1. The lowest BCUT2D eigenvalue weighted by Crippen LogP contribution is -2.46. The zero-order valence-electron chi connectivity index (χ0n) is 21.2. The van der Waals surface area contributed by atoms with Gasteiger partial charge < -0.3 is 18.0 Å². The lowest BCUT2D eigenvalue weighted by atomic mass is 10.1. The minimum atomic E-state index is -2.55. The Morgan fingerprint density at radius 2 is 1.16 bits per heavy atom. The van der Waals surface area contributed by atoms with Gasteiger partial charge in [0, 0.05) is 32.5 Å². The molecule has 0 aliphatic heterocycles. The average Bonchev–Trinajstić information content (AvgIpc) is 2.81. The van der Waals surface area contributed by atoms with Crippen LogP contribution in [-0.4, -0.2) is 35.2 Å². The molecule has 0 atom stereocenters. The van der Waals surface area contributed by atoms with Crippen LogP contribution < -0.4 is 0 Å². The summed E-state index contributed by atoms with van der Waals surface area (Å²) in [5.41, 5.74) is 1.22. The first-order valence-corrected chi connectivity index (χ1v) is 15.2. The van der Waals surface area contributed by atoms with Gasteiger partial charge in [0.25, 0.3) is 0 Å². The zero-order chi connectivity index (χ0) is 23.2. The van der Waals surface area contributed by atoms with Crippen molar-refractivity contribution >= 4 is 8.80 Å². The quantitative estimate of drug-likeness (QED) is 0.121. The molecule has 0 aliphatic carbocycles. The van der Waals surface area contributed by atoms with E-state index in [9.17, 15) is 0 Å². The number of ether oxygens (including phenoxy) is 1. The van der Waals surface area contributed by atoms with E-state index in [1.54, 1.807) is 0 Å². The fourth-order valence-corrected chi connectivity index (χ4v) is 6.61. The van der Waals surface area contributed by atoms with Crippen molar-refractivity contribution in [3.05, 3.63) is 35.9 Å². The van der Waals surface area contributed by atoms with Gasteiger partial charge in [0.1, 0.15) is 0 Å². The molecule has 0 bridgehead atoms. The van der Waals surface area contributed by atoms with E-state index in [2.05, 4.69) is 19.1 Å². The van der Waals surface area contributed by atoms with Gasteiger partial charge in [-0.2, -0.15) is 0 Å². The Morgan fingerprint density at radius 3 is 1.75 bits per heavy atom. The Bertz CT molecular complexity index is 506. The summed E-state index contributed by atoms with van der Waals surface area (Å²) in [6.45, 7) is 9.80. The molecule has 186 valence electrons. The van der Waals surface area contributed by atoms with Gasteiger partial charge in [0.2, 0.25) is 0 Å². The summed E-state index contributed by atoms with van der Waals surface area (Å²) in [7, 11) is -2.55. The van der Waals surface area contributed by atoms with Crippen molar-refractivity contribution in [1.29, 1.82) is 0 Å². The van der Waals surface area contributed by atoms with E-state index in [1.807, 2.05) is 32.0 Å². The predicted octanol–water partition coefficient (Wildman–Crippen LogP) is 7.93. The molecule has 1 aromatic carbocycles. The molecule has 0 saturated heterocycles. The summed E-state index contributed by atoms with van der Waals surface area (Å²) in [5, 5.41) is 0. The highest BCUT2D eigenvalue weighted by atomic mass is 28.4. The zero-order valence-corrected chi connectivity index (χ0v) is 22.2.